The van der Waals surface area contributed by atoms with Gasteiger partial charge in [-0.1, -0.05) is 291 Å². The maximum Gasteiger partial charge on any atom is 0.220 e. The molecule has 386 valence electrons. The first kappa shape index (κ1) is 64.3. The highest BCUT2D eigenvalue weighted by molar-refractivity contribution is 5.76. The number of hydrogen-bond acceptors (Lipinski definition) is 3. The Bertz CT molecular complexity index is 1240. The summed E-state index contributed by atoms with van der Waals surface area (Å²) in [6.07, 6.45) is 85.7. The van der Waals surface area contributed by atoms with E-state index < -0.39 is 12.1 Å². The van der Waals surface area contributed by atoms with Gasteiger partial charge in [-0.2, -0.15) is 0 Å². The predicted octanol–water partition coefficient (Wildman–Crippen LogP) is 19.3. The number of amides is 1. The zero-order chi connectivity index (χ0) is 48.5. The summed E-state index contributed by atoms with van der Waals surface area (Å²) in [7, 11) is 0. The summed E-state index contributed by atoms with van der Waals surface area (Å²) in [5.74, 6) is -0.0649. The minimum Gasteiger partial charge on any atom is -0.394 e. The van der Waals surface area contributed by atoms with Crippen molar-refractivity contribution in [3.63, 3.8) is 0 Å². The lowest BCUT2D eigenvalue weighted by molar-refractivity contribution is -0.123. The van der Waals surface area contributed by atoms with Crippen LogP contribution in [0.3, 0.4) is 0 Å². The van der Waals surface area contributed by atoms with Gasteiger partial charge in [0.25, 0.3) is 0 Å². The Morgan fingerprint density at radius 3 is 0.985 bits per heavy atom. The molecule has 0 aliphatic rings. The number of hydrogen-bond donors (Lipinski definition) is 3. The molecule has 4 nitrogen and oxygen atoms in total. The summed E-state index contributed by atoms with van der Waals surface area (Å²) < 4.78 is 0. The Hall–Kier alpha value is -2.69. The van der Waals surface area contributed by atoms with Crippen LogP contribution in [0.2, 0.25) is 0 Å². The van der Waals surface area contributed by atoms with E-state index in [0.29, 0.717) is 6.42 Å². The molecule has 0 bridgehead atoms. The van der Waals surface area contributed by atoms with Gasteiger partial charge in [0.05, 0.1) is 18.8 Å². The van der Waals surface area contributed by atoms with Gasteiger partial charge in [0.1, 0.15) is 0 Å². The summed E-state index contributed by atoms with van der Waals surface area (Å²) in [5.41, 5.74) is 0. The van der Waals surface area contributed by atoms with E-state index in [-0.39, 0.29) is 12.5 Å². The molecule has 0 saturated carbocycles. The molecule has 1 amide bonds. The molecule has 0 aromatic carbocycles. The Kier molecular flexibility index (Phi) is 55.3. The van der Waals surface area contributed by atoms with Crippen molar-refractivity contribution in [1.29, 1.82) is 0 Å². The van der Waals surface area contributed by atoms with E-state index in [1.54, 1.807) is 6.08 Å². The Morgan fingerprint density at radius 1 is 0.373 bits per heavy atom. The van der Waals surface area contributed by atoms with Gasteiger partial charge >= 0.3 is 0 Å². The van der Waals surface area contributed by atoms with Crippen molar-refractivity contribution in [1.82, 2.24) is 5.32 Å². The first-order chi connectivity index (χ1) is 33.2. The summed E-state index contributed by atoms with van der Waals surface area (Å²) in [6, 6.07) is -0.627. The molecule has 0 aromatic heterocycles. The minimum atomic E-state index is -0.843. The summed E-state index contributed by atoms with van der Waals surface area (Å²) in [6.45, 7) is 4.21. The van der Waals surface area contributed by atoms with E-state index in [9.17, 15) is 15.0 Å². The van der Waals surface area contributed by atoms with E-state index >= 15 is 0 Å². The van der Waals surface area contributed by atoms with Gasteiger partial charge in [-0.25, -0.2) is 0 Å². The number of aliphatic hydroxyl groups is 2. The van der Waals surface area contributed by atoms with Crippen molar-refractivity contribution in [3.8, 4) is 0 Å². The van der Waals surface area contributed by atoms with Crippen LogP contribution in [-0.4, -0.2) is 34.9 Å². The fourth-order valence-corrected chi connectivity index (χ4v) is 8.45. The quantitative estimate of drug-likeness (QED) is 0.0420. The number of carbonyl (C=O) groups excluding carboxylic acids is 1. The van der Waals surface area contributed by atoms with Crippen molar-refractivity contribution in [2.75, 3.05) is 6.61 Å². The lowest BCUT2D eigenvalue weighted by Gasteiger charge is -2.20. The van der Waals surface area contributed by atoms with Crippen LogP contribution in [-0.2, 0) is 4.79 Å². The molecule has 2 unspecified atom stereocenters. The topological polar surface area (TPSA) is 69.6 Å². The first-order valence-corrected chi connectivity index (χ1v) is 29.0. The van der Waals surface area contributed by atoms with Gasteiger partial charge in [-0.05, 0) is 77.0 Å². The Balaban J connectivity index is 3.52. The number of rotatable bonds is 52. The van der Waals surface area contributed by atoms with E-state index in [4.69, 9.17) is 0 Å². The highest BCUT2D eigenvalue weighted by atomic mass is 16.3. The van der Waals surface area contributed by atoms with Gasteiger partial charge < -0.3 is 15.5 Å². The average molecular weight is 931 g/mol. The van der Waals surface area contributed by atoms with E-state index in [2.05, 4.69) is 104 Å². The van der Waals surface area contributed by atoms with Crippen LogP contribution < -0.4 is 5.32 Å². The third kappa shape index (κ3) is 54.1. The zero-order valence-electron chi connectivity index (χ0n) is 44.4. The van der Waals surface area contributed by atoms with Gasteiger partial charge in [0.2, 0.25) is 5.91 Å². The summed E-state index contributed by atoms with van der Waals surface area (Å²) in [5, 5.41) is 23.2. The number of nitrogens with one attached hydrogen (secondary N) is 1. The van der Waals surface area contributed by atoms with Gasteiger partial charge in [0, 0.05) is 6.42 Å². The third-order valence-electron chi connectivity index (χ3n) is 12.8. The number of allylic oxidation sites excluding steroid dienone is 15. The number of aliphatic hydroxyl groups excluding tert-OH is 2. The van der Waals surface area contributed by atoms with Crippen molar-refractivity contribution < 1.29 is 15.0 Å². The second kappa shape index (κ2) is 57.6. The van der Waals surface area contributed by atoms with Crippen LogP contribution in [0.15, 0.2) is 97.2 Å². The molecule has 2 atom stereocenters. The lowest BCUT2D eigenvalue weighted by Crippen LogP contribution is -2.45. The van der Waals surface area contributed by atoms with E-state index in [1.165, 1.54) is 186 Å². The summed E-state index contributed by atoms with van der Waals surface area (Å²) in [4.78, 5) is 12.5. The molecule has 0 saturated heterocycles. The fraction of sp³-hybridized carbons (Fsp3) is 0.730. The van der Waals surface area contributed by atoms with Crippen molar-refractivity contribution in [3.05, 3.63) is 97.2 Å². The molecule has 4 heteroatoms. The molecule has 0 spiro atoms. The molecule has 0 radical (unpaired) electrons. The van der Waals surface area contributed by atoms with Crippen LogP contribution in [0.25, 0.3) is 0 Å². The molecule has 0 aliphatic heterocycles. The maximum absolute atomic E-state index is 12.5. The van der Waals surface area contributed by atoms with Crippen LogP contribution in [0, 0.1) is 0 Å². The molecular formula is C63H111NO3. The largest absolute Gasteiger partial charge is 0.394 e. The Labute approximate surface area is 417 Å². The van der Waals surface area contributed by atoms with E-state index in [0.717, 1.165) is 70.6 Å². The number of unbranched alkanes of at least 4 members (excludes halogenated alkanes) is 31. The third-order valence-corrected chi connectivity index (χ3v) is 12.8. The van der Waals surface area contributed by atoms with Crippen LogP contribution >= 0.6 is 0 Å². The minimum absolute atomic E-state index is 0.0649. The molecule has 0 aliphatic carbocycles. The average Bonchev–Trinajstić information content (AvgIpc) is 3.33. The molecule has 0 rings (SSSR count). The summed E-state index contributed by atoms with van der Waals surface area (Å²) >= 11 is 0. The lowest BCUT2D eigenvalue weighted by atomic mass is 10.0. The second-order valence-corrected chi connectivity index (χ2v) is 19.3. The van der Waals surface area contributed by atoms with Crippen molar-refractivity contribution in [2.24, 2.45) is 0 Å². The van der Waals surface area contributed by atoms with Crippen molar-refractivity contribution in [2.45, 2.75) is 289 Å². The van der Waals surface area contributed by atoms with Crippen LogP contribution in [0.1, 0.15) is 277 Å². The molecular weight excluding hydrogens is 819 g/mol. The Morgan fingerprint density at radius 2 is 0.657 bits per heavy atom. The molecule has 0 heterocycles. The molecule has 0 aromatic rings. The monoisotopic (exact) mass is 930 g/mol. The smallest absolute Gasteiger partial charge is 0.220 e. The normalized spacial score (nSPS) is 13.6. The highest BCUT2D eigenvalue weighted by Gasteiger charge is 2.18. The van der Waals surface area contributed by atoms with Crippen LogP contribution in [0.5, 0.6) is 0 Å². The zero-order valence-corrected chi connectivity index (χ0v) is 44.4. The molecule has 3 N–H and O–H groups in total. The predicted molar refractivity (Wildman–Crippen MR) is 299 cm³/mol. The van der Waals surface area contributed by atoms with E-state index in [1.807, 2.05) is 6.08 Å². The number of carbonyl (C=O) groups is 1. The standard InChI is InChI=1S/C63H111NO3/c1-3-5-7-9-11-13-15-17-19-21-23-24-25-26-27-28-29-30-31-32-33-34-35-36-37-38-39-40-41-43-45-47-49-51-53-55-57-59-63(67)64-61(60-65)62(66)58-56-54-52-50-48-46-44-42-22-20-18-16-14-12-10-8-6-4-2/h5,7,11,13,17,19,23-24,26-27,29-30,32-33,56,58,61-62,65-66H,3-4,6,8-10,12,14-16,18,20-22,25,28,31,34-55,57,59-60H2,1-2H3,(H,64,67)/b7-5-,13-11-,19-17-,24-23-,27-26-,30-29-,33-32-,58-56+. The first-order valence-electron chi connectivity index (χ1n) is 29.0. The van der Waals surface area contributed by atoms with Gasteiger partial charge in [0.15, 0.2) is 0 Å². The van der Waals surface area contributed by atoms with Crippen LogP contribution in [0.4, 0.5) is 0 Å². The second-order valence-electron chi connectivity index (χ2n) is 19.3. The van der Waals surface area contributed by atoms with Gasteiger partial charge in [-0.3, -0.25) is 4.79 Å². The highest BCUT2D eigenvalue weighted by Crippen LogP contribution is 2.16. The van der Waals surface area contributed by atoms with Gasteiger partial charge in [-0.15, -0.1) is 0 Å². The maximum atomic E-state index is 12.5. The molecule has 67 heavy (non-hydrogen) atoms. The molecule has 0 fully saturated rings. The van der Waals surface area contributed by atoms with Crippen molar-refractivity contribution >= 4 is 5.91 Å². The SMILES string of the molecule is CC/C=C\C/C=C\C/C=C\C/C=C\C/C=C\C/C=C\C/C=C\CCCCCCCCCCCCCCCCCC(=O)NC(CO)C(O)/C=C/CCCCCCCCCCCCCCCCCC. The fourth-order valence-electron chi connectivity index (χ4n) is 8.45.